The third kappa shape index (κ3) is 4.58. The Hall–Kier alpha value is -0.850. The van der Waals surface area contributed by atoms with Gasteiger partial charge in [0.05, 0.1) is 11.6 Å². The summed E-state index contributed by atoms with van der Waals surface area (Å²) in [6.07, 6.45) is -3.07. The highest BCUT2D eigenvalue weighted by atomic mass is 35.5. The zero-order valence-electron chi connectivity index (χ0n) is 13.1. The van der Waals surface area contributed by atoms with Gasteiger partial charge in [0.2, 0.25) is 0 Å². The van der Waals surface area contributed by atoms with Crippen molar-refractivity contribution in [3.8, 4) is 0 Å². The number of nitrogens with zero attached hydrogens (tertiary/aromatic N) is 1. The molecule has 1 aromatic carbocycles. The fraction of sp³-hybridized carbons (Fsp3) is 0.625. The molecule has 0 spiro atoms. The monoisotopic (exact) mass is 352 g/mol. The lowest BCUT2D eigenvalue weighted by Crippen LogP contribution is -2.51. The highest BCUT2D eigenvalue weighted by Crippen LogP contribution is 2.37. The summed E-state index contributed by atoms with van der Waals surface area (Å²) in [7, 11) is 0. The van der Waals surface area contributed by atoms with Gasteiger partial charge in [0.25, 0.3) is 0 Å². The van der Waals surface area contributed by atoms with Crippen LogP contribution < -0.4 is 5.73 Å². The Morgan fingerprint density at radius 3 is 2.30 bits per heavy atom. The summed E-state index contributed by atoms with van der Waals surface area (Å²) in [5.41, 5.74) is 6.98. The summed E-state index contributed by atoms with van der Waals surface area (Å²) in [4.78, 5) is 1.47. The molecule has 2 nitrogen and oxygen atoms in total. The second-order valence-electron chi connectivity index (χ2n) is 6.42. The molecule has 1 aliphatic rings. The lowest BCUT2D eigenvalue weighted by molar-refractivity contribution is -0.161. The zero-order valence-corrected chi connectivity index (χ0v) is 13.8. The minimum atomic E-state index is -4.21. The average Bonchev–Trinajstić information content (AvgIpc) is 2.44. The minimum absolute atomic E-state index is 0.00792. The van der Waals surface area contributed by atoms with E-state index >= 15 is 0 Å². The number of nitrogens with two attached hydrogens (primary N) is 1. The van der Waals surface area contributed by atoms with Gasteiger partial charge >= 0.3 is 6.18 Å². The van der Waals surface area contributed by atoms with Gasteiger partial charge in [-0.1, -0.05) is 17.7 Å². The van der Waals surface area contributed by atoms with Crippen LogP contribution in [0.4, 0.5) is 17.6 Å². The largest absolute Gasteiger partial charge is 0.401 e. The molecule has 4 atom stereocenters. The van der Waals surface area contributed by atoms with Crippen LogP contribution in [0.1, 0.15) is 38.3 Å². The van der Waals surface area contributed by atoms with Gasteiger partial charge in [-0.3, -0.25) is 4.90 Å². The summed E-state index contributed by atoms with van der Waals surface area (Å²) < 4.78 is 51.3. The minimum Gasteiger partial charge on any atom is -0.324 e. The maximum Gasteiger partial charge on any atom is 0.401 e. The molecule has 2 rings (SSSR count). The van der Waals surface area contributed by atoms with Crippen molar-refractivity contribution in [3.05, 3.63) is 34.6 Å². The molecule has 0 aliphatic carbocycles. The quantitative estimate of drug-likeness (QED) is 0.810. The lowest BCUT2D eigenvalue weighted by Gasteiger charge is -2.44. The van der Waals surface area contributed by atoms with Crippen LogP contribution in [0.5, 0.6) is 0 Å². The number of rotatable bonds is 3. The van der Waals surface area contributed by atoms with Crippen LogP contribution in [0.25, 0.3) is 0 Å². The lowest BCUT2D eigenvalue weighted by atomic mass is 9.80. The fourth-order valence-electron chi connectivity index (χ4n) is 3.48. The molecule has 1 heterocycles. The second-order valence-corrected chi connectivity index (χ2v) is 6.82. The van der Waals surface area contributed by atoms with Gasteiger partial charge in [-0.2, -0.15) is 13.2 Å². The van der Waals surface area contributed by atoms with Crippen molar-refractivity contribution in [2.75, 3.05) is 6.54 Å². The third-order valence-corrected chi connectivity index (χ3v) is 4.91. The maximum atomic E-state index is 13.3. The van der Waals surface area contributed by atoms with E-state index in [2.05, 4.69) is 0 Å². The smallest absolute Gasteiger partial charge is 0.324 e. The topological polar surface area (TPSA) is 29.3 Å². The van der Waals surface area contributed by atoms with Crippen LogP contribution in [0.15, 0.2) is 18.2 Å². The molecule has 1 saturated heterocycles. The van der Waals surface area contributed by atoms with Gasteiger partial charge in [-0.05, 0) is 50.3 Å². The van der Waals surface area contributed by atoms with E-state index in [0.29, 0.717) is 18.4 Å². The van der Waals surface area contributed by atoms with Crippen molar-refractivity contribution in [1.82, 2.24) is 4.90 Å². The van der Waals surface area contributed by atoms with Gasteiger partial charge in [0.1, 0.15) is 5.82 Å². The number of hydrogen-bond donors (Lipinski definition) is 1. The van der Waals surface area contributed by atoms with Crippen LogP contribution in [-0.2, 0) is 0 Å². The van der Waals surface area contributed by atoms with Crippen molar-refractivity contribution in [2.45, 2.75) is 51.0 Å². The Morgan fingerprint density at radius 1 is 1.26 bits per heavy atom. The van der Waals surface area contributed by atoms with Crippen molar-refractivity contribution in [2.24, 2.45) is 11.7 Å². The van der Waals surface area contributed by atoms with E-state index in [1.807, 2.05) is 0 Å². The van der Waals surface area contributed by atoms with Crippen LogP contribution in [0.2, 0.25) is 5.02 Å². The van der Waals surface area contributed by atoms with Crippen molar-refractivity contribution < 1.29 is 17.6 Å². The first-order valence-corrected chi connectivity index (χ1v) is 7.99. The van der Waals surface area contributed by atoms with Gasteiger partial charge in [0, 0.05) is 18.1 Å². The Labute approximate surface area is 138 Å². The zero-order chi connectivity index (χ0) is 17.4. The first kappa shape index (κ1) is 18.5. The van der Waals surface area contributed by atoms with E-state index < -0.39 is 18.5 Å². The second kappa shape index (κ2) is 6.95. The standard InChI is InChI=1S/C16H21ClF4N2/c1-9-5-12(6-10(2)23(9)8-16(19,20)21)15(22)11-3-4-14(18)13(17)7-11/h3-4,7,9-10,12,15H,5-6,8,22H2,1-2H3/t9-,10+,12?,15?. The first-order chi connectivity index (χ1) is 10.6. The maximum absolute atomic E-state index is 13.3. The summed E-state index contributed by atoms with van der Waals surface area (Å²) in [5, 5.41) is 0.00792. The molecule has 0 aromatic heterocycles. The number of benzene rings is 1. The van der Waals surface area contributed by atoms with E-state index in [0.717, 1.165) is 0 Å². The highest BCUT2D eigenvalue weighted by Gasteiger charge is 2.40. The van der Waals surface area contributed by atoms with Gasteiger partial charge < -0.3 is 5.73 Å². The molecule has 1 aromatic rings. The normalized spacial score (nSPS) is 27.9. The number of alkyl halides is 3. The average molecular weight is 353 g/mol. The molecule has 0 amide bonds. The van der Waals surface area contributed by atoms with Crippen LogP contribution in [-0.4, -0.2) is 29.7 Å². The van der Waals surface area contributed by atoms with Gasteiger partial charge in [-0.15, -0.1) is 0 Å². The molecule has 7 heteroatoms. The Balaban J connectivity index is 2.09. The Kier molecular flexibility index (Phi) is 5.59. The molecule has 0 radical (unpaired) electrons. The first-order valence-electron chi connectivity index (χ1n) is 7.61. The highest BCUT2D eigenvalue weighted by molar-refractivity contribution is 6.30. The third-order valence-electron chi connectivity index (χ3n) is 4.62. The predicted octanol–water partition coefficient (Wildman–Crippen LogP) is 4.53. The molecule has 130 valence electrons. The van der Waals surface area contributed by atoms with E-state index in [4.69, 9.17) is 17.3 Å². The van der Waals surface area contributed by atoms with Crippen molar-refractivity contribution in [3.63, 3.8) is 0 Å². The predicted molar refractivity (Wildman–Crippen MR) is 82.7 cm³/mol. The summed E-state index contributed by atoms with van der Waals surface area (Å²) in [6, 6.07) is 3.55. The van der Waals surface area contributed by atoms with E-state index in [1.54, 1.807) is 19.9 Å². The molecule has 1 aliphatic heterocycles. The Bertz CT molecular complexity index is 537. The van der Waals surface area contributed by atoms with Crippen LogP contribution in [0, 0.1) is 11.7 Å². The molecule has 0 bridgehead atoms. The summed E-state index contributed by atoms with van der Waals surface area (Å²) >= 11 is 5.79. The van der Waals surface area contributed by atoms with Crippen molar-refractivity contribution in [1.29, 1.82) is 0 Å². The molecule has 23 heavy (non-hydrogen) atoms. The molecule has 0 saturated carbocycles. The number of piperidine rings is 1. The number of hydrogen-bond acceptors (Lipinski definition) is 2. The van der Waals surface area contributed by atoms with E-state index in [1.165, 1.54) is 17.0 Å². The van der Waals surface area contributed by atoms with Crippen LogP contribution in [0.3, 0.4) is 0 Å². The van der Waals surface area contributed by atoms with Gasteiger partial charge in [-0.25, -0.2) is 4.39 Å². The molecular weight excluding hydrogens is 332 g/mol. The molecule has 2 N–H and O–H groups in total. The summed E-state index contributed by atoms with van der Waals surface area (Å²) in [6.45, 7) is 2.68. The fourth-order valence-corrected chi connectivity index (χ4v) is 3.67. The summed E-state index contributed by atoms with van der Waals surface area (Å²) in [5.74, 6) is -0.477. The SMILES string of the molecule is C[C@@H]1CC(C(N)c2ccc(F)c(Cl)c2)C[C@H](C)N1CC(F)(F)F. The molecule has 2 unspecified atom stereocenters. The molecular formula is C16H21ClF4N2. The molecule has 1 fully saturated rings. The van der Waals surface area contributed by atoms with Crippen LogP contribution >= 0.6 is 11.6 Å². The van der Waals surface area contributed by atoms with E-state index in [-0.39, 0.29) is 29.1 Å². The van der Waals surface area contributed by atoms with Crippen molar-refractivity contribution >= 4 is 11.6 Å². The Morgan fingerprint density at radius 2 is 1.83 bits per heavy atom. The number of halogens is 5. The van der Waals surface area contributed by atoms with E-state index in [9.17, 15) is 17.6 Å². The number of likely N-dealkylation sites (tertiary alicyclic amines) is 1. The van der Waals surface area contributed by atoms with Gasteiger partial charge in [0.15, 0.2) is 0 Å².